The summed E-state index contributed by atoms with van der Waals surface area (Å²) in [5.74, 6) is -0.210. The molecule has 1 heterocycles. The molecule has 0 spiro atoms. The Bertz CT molecular complexity index is 1100. The van der Waals surface area contributed by atoms with Gasteiger partial charge in [0.2, 0.25) is 0 Å². The van der Waals surface area contributed by atoms with Crippen LogP contribution in [0.4, 0.5) is 10.8 Å². The van der Waals surface area contributed by atoms with Crippen LogP contribution in [0.2, 0.25) is 0 Å². The second-order valence-corrected chi connectivity index (χ2v) is 8.87. The largest absolute Gasteiger partial charge is 0.309 e. The molecule has 0 radical (unpaired) electrons. The Morgan fingerprint density at radius 2 is 2.03 bits per heavy atom. The molecular weight excluding hydrogens is 468 g/mol. The van der Waals surface area contributed by atoms with Crippen molar-refractivity contribution in [1.82, 2.24) is 9.88 Å². The van der Waals surface area contributed by atoms with Gasteiger partial charge in [-0.25, -0.2) is 4.98 Å². The Kier molecular flexibility index (Phi) is 7.30. The van der Waals surface area contributed by atoms with Crippen LogP contribution < -0.4 is 4.90 Å². The van der Waals surface area contributed by atoms with Crippen molar-refractivity contribution >= 4 is 60.3 Å². The zero-order valence-corrected chi connectivity index (χ0v) is 19.0. The van der Waals surface area contributed by atoms with E-state index in [1.54, 1.807) is 23.1 Å². The van der Waals surface area contributed by atoms with Crippen LogP contribution >= 0.6 is 27.3 Å². The van der Waals surface area contributed by atoms with Crippen molar-refractivity contribution in [1.29, 1.82) is 0 Å². The number of nitro groups is 1. The topological polar surface area (TPSA) is 79.6 Å². The molecule has 0 aliphatic heterocycles. The molecule has 0 saturated heterocycles. The van der Waals surface area contributed by atoms with Crippen LogP contribution in [0.5, 0.6) is 0 Å². The van der Waals surface area contributed by atoms with Crippen LogP contribution in [0, 0.1) is 10.1 Å². The van der Waals surface area contributed by atoms with Crippen LogP contribution in [0.3, 0.4) is 0 Å². The molecule has 0 N–H and O–H groups in total. The summed E-state index contributed by atoms with van der Waals surface area (Å²) in [4.78, 5) is 31.9. The van der Waals surface area contributed by atoms with Gasteiger partial charge < -0.3 is 4.90 Å². The van der Waals surface area contributed by atoms with Gasteiger partial charge in [-0.05, 0) is 56.9 Å². The summed E-state index contributed by atoms with van der Waals surface area (Å²) in [6.07, 6.45) is 3.83. The maximum atomic E-state index is 13.0. The number of benzene rings is 2. The number of halogens is 1. The highest BCUT2D eigenvalue weighted by Gasteiger charge is 2.18. The van der Waals surface area contributed by atoms with Gasteiger partial charge in [0.25, 0.3) is 11.6 Å². The third kappa shape index (κ3) is 5.71. The van der Waals surface area contributed by atoms with Crippen molar-refractivity contribution in [2.24, 2.45) is 0 Å². The highest BCUT2D eigenvalue weighted by Crippen LogP contribution is 2.31. The third-order valence-corrected chi connectivity index (χ3v) is 5.86. The first-order valence-electron chi connectivity index (χ1n) is 9.28. The number of carbonyl (C=O) groups is 1. The lowest BCUT2D eigenvalue weighted by Gasteiger charge is -2.19. The SMILES string of the molecule is CN(C)CCCN(C(=O)/C=C/c1cccc([N+](=O)[O-])c1)c1nc2ccc(Br)cc2s1. The molecule has 0 unspecified atom stereocenters. The predicted octanol–water partition coefficient (Wildman–Crippen LogP) is 4.97. The molecule has 0 fully saturated rings. The molecule has 2 aromatic carbocycles. The number of hydrogen-bond acceptors (Lipinski definition) is 6. The molecule has 156 valence electrons. The number of anilines is 1. The summed E-state index contributed by atoms with van der Waals surface area (Å²) in [6, 6.07) is 12.0. The minimum atomic E-state index is -0.452. The van der Waals surface area contributed by atoms with Gasteiger partial charge in [-0.3, -0.25) is 19.8 Å². The maximum Gasteiger partial charge on any atom is 0.270 e. The van der Waals surface area contributed by atoms with Crippen molar-refractivity contribution in [3.8, 4) is 0 Å². The monoisotopic (exact) mass is 488 g/mol. The van der Waals surface area contributed by atoms with Crippen molar-refractivity contribution < 1.29 is 9.72 Å². The average Bonchev–Trinajstić information content (AvgIpc) is 3.12. The first-order chi connectivity index (χ1) is 14.3. The third-order valence-electron chi connectivity index (χ3n) is 4.32. The van der Waals surface area contributed by atoms with Crippen LogP contribution in [-0.2, 0) is 4.79 Å². The van der Waals surface area contributed by atoms with E-state index in [0.717, 1.165) is 27.7 Å². The minimum Gasteiger partial charge on any atom is -0.309 e. The quantitative estimate of drug-likeness (QED) is 0.254. The molecule has 0 aliphatic rings. The lowest BCUT2D eigenvalue weighted by atomic mass is 10.2. The summed E-state index contributed by atoms with van der Waals surface area (Å²) in [5.41, 5.74) is 1.43. The van der Waals surface area contributed by atoms with E-state index in [2.05, 4.69) is 25.8 Å². The van der Waals surface area contributed by atoms with Crippen molar-refractivity contribution in [2.45, 2.75) is 6.42 Å². The fraction of sp³-hybridized carbons (Fsp3) is 0.238. The van der Waals surface area contributed by atoms with Gasteiger partial charge in [0.1, 0.15) is 0 Å². The van der Waals surface area contributed by atoms with Crippen LogP contribution in [-0.4, -0.2) is 47.9 Å². The number of carbonyl (C=O) groups excluding carboxylic acids is 1. The van der Waals surface area contributed by atoms with E-state index < -0.39 is 4.92 Å². The normalized spacial score (nSPS) is 11.5. The van der Waals surface area contributed by atoms with Gasteiger partial charge in [0.05, 0.1) is 15.1 Å². The van der Waals surface area contributed by atoms with Crippen LogP contribution in [0.15, 0.2) is 53.0 Å². The Hall–Kier alpha value is -2.62. The zero-order chi connectivity index (χ0) is 21.7. The van der Waals surface area contributed by atoms with Crippen LogP contribution in [0.25, 0.3) is 16.3 Å². The molecule has 0 saturated carbocycles. The Morgan fingerprint density at radius 1 is 1.23 bits per heavy atom. The van der Waals surface area contributed by atoms with E-state index in [9.17, 15) is 14.9 Å². The summed E-state index contributed by atoms with van der Waals surface area (Å²) < 4.78 is 1.95. The molecule has 3 rings (SSSR count). The predicted molar refractivity (Wildman–Crippen MR) is 125 cm³/mol. The number of nitro benzene ring substituents is 1. The number of fused-ring (bicyclic) bond motifs is 1. The van der Waals surface area contributed by atoms with Crippen molar-refractivity contribution in [2.75, 3.05) is 32.1 Å². The van der Waals surface area contributed by atoms with Crippen molar-refractivity contribution in [3.63, 3.8) is 0 Å². The van der Waals surface area contributed by atoms with E-state index in [0.29, 0.717) is 17.2 Å². The Morgan fingerprint density at radius 3 is 2.77 bits per heavy atom. The molecule has 1 aromatic heterocycles. The lowest BCUT2D eigenvalue weighted by molar-refractivity contribution is -0.384. The average molecular weight is 489 g/mol. The first-order valence-corrected chi connectivity index (χ1v) is 10.9. The van der Waals surface area contributed by atoms with E-state index in [1.807, 2.05) is 32.3 Å². The number of aromatic nitrogens is 1. The van der Waals surface area contributed by atoms with E-state index in [-0.39, 0.29) is 11.6 Å². The van der Waals surface area contributed by atoms with Gasteiger partial charge in [0.15, 0.2) is 5.13 Å². The van der Waals surface area contributed by atoms with Gasteiger partial charge in [-0.1, -0.05) is 39.4 Å². The lowest BCUT2D eigenvalue weighted by Crippen LogP contribution is -2.32. The Labute approximate surface area is 186 Å². The van der Waals surface area contributed by atoms with Gasteiger partial charge in [-0.15, -0.1) is 0 Å². The Balaban J connectivity index is 1.85. The molecule has 7 nitrogen and oxygen atoms in total. The summed E-state index contributed by atoms with van der Waals surface area (Å²) in [6.45, 7) is 1.37. The second kappa shape index (κ2) is 9.92. The van der Waals surface area contributed by atoms with Gasteiger partial charge in [0, 0.05) is 29.2 Å². The molecule has 0 aliphatic carbocycles. The molecule has 30 heavy (non-hydrogen) atoms. The molecule has 1 amide bonds. The minimum absolute atomic E-state index is 0.0100. The number of nitrogens with zero attached hydrogens (tertiary/aromatic N) is 4. The molecule has 3 aromatic rings. The number of rotatable bonds is 8. The highest BCUT2D eigenvalue weighted by atomic mass is 79.9. The van der Waals surface area contributed by atoms with E-state index >= 15 is 0 Å². The maximum absolute atomic E-state index is 13.0. The van der Waals surface area contributed by atoms with Crippen molar-refractivity contribution in [3.05, 3.63) is 68.7 Å². The highest BCUT2D eigenvalue weighted by molar-refractivity contribution is 9.10. The summed E-state index contributed by atoms with van der Waals surface area (Å²) in [7, 11) is 3.98. The van der Waals surface area contributed by atoms with Crippen LogP contribution in [0.1, 0.15) is 12.0 Å². The summed E-state index contributed by atoms with van der Waals surface area (Å²) >= 11 is 4.93. The number of hydrogen-bond donors (Lipinski definition) is 0. The molecule has 9 heteroatoms. The second-order valence-electron chi connectivity index (χ2n) is 6.94. The molecule has 0 bridgehead atoms. The van der Waals surface area contributed by atoms with Gasteiger partial charge >= 0.3 is 0 Å². The fourth-order valence-corrected chi connectivity index (χ4v) is 4.40. The molecular formula is C21H21BrN4O3S. The molecule has 0 atom stereocenters. The van der Waals surface area contributed by atoms with E-state index in [1.165, 1.54) is 29.5 Å². The number of thiazole rings is 1. The smallest absolute Gasteiger partial charge is 0.270 e. The number of non-ortho nitro benzene ring substituents is 1. The summed E-state index contributed by atoms with van der Waals surface area (Å²) in [5, 5.41) is 11.6. The number of amides is 1. The standard InChI is InChI=1S/C21H21BrN4O3S/c1-24(2)11-4-12-25(21-23-18-9-8-16(22)14-19(18)30-21)20(27)10-7-15-5-3-6-17(13-15)26(28)29/h3,5-10,13-14H,4,11-12H2,1-2H3/b10-7+. The van der Waals surface area contributed by atoms with E-state index in [4.69, 9.17) is 0 Å². The van der Waals surface area contributed by atoms with Gasteiger partial charge in [-0.2, -0.15) is 0 Å². The fourth-order valence-electron chi connectivity index (χ4n) is 2.85. The first kappa shape index (κ1) is 22.1. The zero-order valence-electron chi connectivity index (χ0n) is 16.6.